The van der Waals surface area contributed by atoms with E-state index >= 15 is 0 Å². The van der Waals surface area contributed by atoms with Gasteiger partial charge in [-0.1, -0.05) is 43.7 Å². The Hall–Kier alpha value is -3.74. The van der Waals surface area contributed by atoms with Gasteiger partial charge >= 0.3 is 5.97 Å². The number of amides is 1. The Kier molecular flexibility index (Phi) is 9.35. The van der Waals surface area contributed by atoms with Gasteiger partial charge in [0, 0.05) is 30.4 Å². The van der Waals surface area contributed by atoms with Gasteiger partial charge in [-0.3, -0.25) is 19.4 Å². The number of aromatic nitrogens is 2. The summed E-state index contributed by atoms with van der Waals surface area (Å²) in [5.41, 5.74) is 9.20. The second kappa shape index (κ2) is 12.2. The van der Waals surface area contributed by atoms with Crippen LogP contribution in [0.25, 0.3) is 11.3 Å². The Labute approximate surface area is 187 Å². The first-order chi connectivity index (χ1) is 15.3. The van der Waals surface area contributed by atoms with Crippen molar-refractivity contribution in [3.8, 4) is 11.3 Å². The first-order valence-electron chi connectivity index (χ1n) is 10.5. The van der Waals surface area contributed by atoms with Crippen LogP contribution in [0.2, 0.25) is 0 Å². The number of carboxylic acids is 1. The zero-order valence-corrected chi connectivity index (χ0v) is 18.4. The number of carbonyl (C=O) groups excluding carboxylic acids is 1. The molecule has 168 valence electrons. The van der Waals surface area contributed by atoms with E-state index in [1.54, 1.807) is 24.5 Å². The molecule has 2 heterocycles. The number of hydrogen-bond donors (Lipinski definition) is 2. The lowest BCUT2D eigenvalue weighted by Crippen LogP contribution is -2.32. The summed E-state index contributed by atoms with van der Waals surface area (Å²) >= 11 is 0. The van der Waals surface area contributed by atoms with E-state index in [1.807, 2.05) is 50.2 Å². The number of carbonyl (C=O) groups is 2. The standard InChI is InChI=1S/C15H15NO2.C10H14N2O2/c1-11-4-2-3-5-13(11)14-10-12(8-9-16-14)6-7-15(17)18;1-2-5-8(10(11)14)12-7-4-3-6-9(12)13/h2-5,8-10H,6-7H2,1H3,(H,17,18);3-4,6-8H,2,5H2,1H3,(H2,11,14). The van der Waals surface area contributed by atoms with Gasteiger partial charge in [0.1, 0.15) is 6.04 Å². The molecular formula is C25H29N3O4. The Morgan fingerprint density at radius 3 is 2.47 bits per heavy atom. The largest absolute Gasteiger partial charge is 0.481 e. The van der Waals surface area contributed by atoms with E-state index in [9.17, 15) is 14.4 Å². The number of benzene rings is 1. The third-order valence-corrected chi connectivity index (χ3v) is 4.95. The number of aryl methyl sites for hydroxylation is 2. The molecule has 0 saturated carbocycles. The average molecular weight is 436 g/mol. The highest BCUT2D eigenvalue weighted by Gasteiger charge is 2.16. The fraction of sp³-hybridized carbons (Fsp3) is 0.280. The highest BCUT2D eigenvalue weighted by atomic mass is 16.4. The monoisotopic (exact) mass is 435 g/mol. The summed E-state index contributed by atoms with van der Waals surface area (Å²) in [7, 11) is 0. The van der Waals surface area contributed by atoms with Gasteiger partial charge in [-0.2, -0.15) is 0 Å². The van der Waals surface area contributed by atoms with E-state index in [0.717, 1.165) is 23.2 Å². The summed E-state index contributed by atoms with van der Waals surface area (Å²) in [6, 6.07) is 16.1. The first kappa shape index (κ1) is 24.5. The van der Waals surface area contributed by atoms with E-state index in [1.165, 1.54) is 16.2 Å². The molecule has 7 heteroatoms. The van der Waals surface area contributed by atoms with Crippen LogP contribution in [0.15, 0.2) is 71.8 Å². The lowest BCUT2D eigenvalue weighted by atomic mass is 10.0. The van der Waals surface area contributed by atoms with Crippen LogP contribution in [0.1, 0.15) is 43.4 Å². The smallest absolute Gasteiger partial charge is 0.303 e. The molecule has 32 heavy (non-hydrogen) atoms. The van der Waals surface area contributed by atoms with E-state index in [4.69, 9.17) is 10.8 Å². The van der Waals surface area contributed by atoms with Gasteiger partial charge in [0.05, 0.1) is 5.69 Å². The van der Waals surface area contributed by atoms with Crippen LogP contribution in [0.3, 0.4) is 0 Å². The van der Waals surface area contributed by atoms with Crippen molar-refractivity contribution < 1.29 is 14.7 Å². The number of rotatable bonds is 8. The second-order valence-corrected chi connectivity index (χ2v) is 7.41. The fourth-order valence-electron chi connectivity index (χ4n) is 3.28. The van der Waals surface area contributed by atoms with Crippen LogP contribution in [0, 0.1) is 6.92 Å². The fourth-order valence-corrected chi connectivity index (χ4v) is 3.28. The quantitative estimate of drug-likeness (QED) is 0.559. The zero-order valence-electron chi connectivity index (χ0n) is 18.4. The highest BCUT2D eigenvalue weighted by molar-refractivity contribution is 5.78. The van der Waals surface area contributed by atoms with Crippen LogP contribution in [0.5, 0.6) is 0 Å². The summed E-state index contributed by atoms with van der Waals surface area (Å²) in [5.74, 6) is -1.23. The van der Waals surface area contributed by atoms with Gasteiger partial charge in [-0.25, -0.2) is 0 Å². The predicted octanol–water partition coefficient (Wildman–Crippen LogP) is 3.75. The maximum Gasteiger partial charge on any atom is 0.303 e. The maximum atomic E-state index is 11.4. The lowest BCUT2D eigenvalue weighted by molar-refractivity contribution is -0.137. The molecule has 0 fully saturated rings. The van der Waals surface area contributed by atoms with E-state index in [2.05, 4.69) is 4.98 Å². The highest BCUT2D eigenvalue weighted by Crippen LogP contribution is 2.22. The van der Waals surface area contributed by atoms with Crippen molar-refractivity contribution in [1.29, 1.82) is 0 Å². The maximum absolute atomic E-state index is 11.4. The van der Waals surface area contributed by atoms with Gasteiger partial charge in [0.25, 0.3) is 5.56 Å². The van der Waals surface area contributed by atoms with Crippen molar-refractivity contribution in [2.45, 2.75) is 45.6 Å². The van der Waals surface area contributed by atoms with Crippen molar-refractivity contribution in [2.24, 2.45) is 5.73 Å². The summed E-state index contributed by atoms with van der Waals surface area (Å²) in [6.07, 6.45) is 5.43. The van der Waals surface area contributed by atoms with Crippen LogP contribution >= 0.6 is 0 Å². The van der Waals surface area contributed by atoms with Crippen molar-refractivity contribution in [3.05, 3.63) is 88.5 Å². The molecule has 3 rings (SSSR count). The van der Waals surface area contributed by atoms with Crippen molar-refractivity contribution in [2.75, 3.05) is 0 Å². The number of nitrogens with zero attached hydrogens (tertiary/aromatic N) is 2. The zero-order chi connectivity index (χ0) is 23.5. The number of pyridine rings is 2. The molecule has 0 bridgehead atoms. The van der Waals surface area contributed by atoms with Gasteiger partial charge in [-0.05, 0) is 49.1 Å². The molecule has 2 aromatic heterocycles. The van der Waals surface area contributed by atoms with Gasteiger partial charge in [-0.15, -0.1) is 0 Å². The normalized spacial score (nSPS) is 11.2. The van der Waals surface area contributed by atoms with Crippen LogP contribution in [0.4, 0.5) is 0 Å². The predicted molar refractivity (Wildman–Crippen MR) is 124 cm³/mol. The number of hydrogen-bond acceptors (Lipinski definition) is 4. The Morgan fingerprint density at radius 2 is 1.84 bits per heavy atom. The van der Waals surface area contributed by atoms with Gasteiger partial charge in [0.15, 0.2) is 0 Å². The number of nitrogens with two attached hydrogens (primary N) is 1. The molecule has 7 nitrogen and oxygen atoms in total. The molecule has 1 unspecified atom stereocenters. The molecule has 1 amide bonds. The molecule has 0 aliphatic rings. The van der Waals surface area contributed by atoms with Gasteiger partial charge in [0.2, 0.25) is 5.91 Å². The summed E-state index contributed by atoms with van der Waals surface area (Å²) in [6.45, 7) is 3.99. The number of primary amides is 1. The third kappa shape index (κ3) is 7.19. The topological polar surface area (TPSA) is 115 Å². The van der Waals surface area contributed by atoms with E-state index in [0.29, 0.717) is 12.8 Å². The summed E-state index contributed by atoms with van der Waals surface area (Å²) in [5, 5.41) is 8.69. The lowest BCUT2D eigenvalue weighted by Gasteiger charge is -2.14. The Bertz CT molecular complexity index is 1110. The molecular weight excluding hydrogens is 406 g/mol. The van der Waals surface area contributed by atoms with Gasteiger partial charge < -0.3 is 15.4 Å². The molecule has 1 aromatic carbocycles. The third-order valence-electron chi connectivity index (χ3n) is 4.95. The van der Waals surface area contributed by atoms with Crippen molar-refractivity contribution in [3.63, 3.8) is 0 Å². The SMILES string of the molecule is CCCC(C(N)=O)n1ccccc1=O.Cc1ccccc1-c1cc(CCC(=O)O)ccn1. The first-order valence-corrected chi connectivity index (χ1v) is 10.5. The number of aliphatic carboxylic acids is 1. The molecule has 3 N–H and O–H groups in total. The minimum atomic E-state index is -0.774. The second-order valence-electron chi connectivity index (χ2n) is 7.41. The van der Waals surface area contributed by atoms with Crippen LogP contribution < -0.4 is 11.3 Å². The molecule has 1 atom stereocenters. The summed E-state index contributed by atoms with van der Waals surface area (Å²) < 4.78 is 1.38. The van der Waals surface area contributed by atoms with Crippen LogP contribution in [-0.2, 0) is 16.0 Å². The minimum Gasteiger partial charge on any atom is -0.481 e. The average Bonchev–Trinajstić information content (AvgIpc) is 2.77. The Balaban J connectivity index is 0.000000235. The Morgan fingerprint density at radius 1 is 1.12 bits per heavy atom. The van der Waals surface area contributed by atoms with E-state index in [-0.39, 0.29) is 12.0 Å². The summed E-state index contributed by atoms with van der Waals surface area (Å²) in [4.78, 5) is 37.4. The van der Waals surface area contributed by atoms with Crippen LogP contribution in [-0.4, -0.2) is 26.5 Å². The van der Waals surface area contributed by atoms with Crippen molar-refractivity contribution in [1.82, 2.24) is 9.55 Å². The molecule has 3 aromatic rings. The minimum absolute atomic E-state index is 0.150. The molecule has 0 saturated heterocycles. The van der Waals surface area contributed by atoms with E-state index < -0.39 is 17.9 Å². The van der Waals surface area contributed by atoms with Crippen molar-refractivity contribution >= 4 is 11.9 Å². The number of carboxylic acid groups (broad SMARTS) is 1. The molecule has 0 spiro atoms. The molecule has 0 aliphatic carbocycles. The molecule has 0 radical (unpaired) electrons. The molecule has 0 aliphatic heterocycles.